The zero-order valence-electron chi connectivity index (χ0n) is 15.6. The van der Waals surface area contributed by atoms with Gasteiger partial charge in [-0.3, -0.25) is 4.79 Å². The highest BCUT2D eigenvalue weighted by Gasteiger charge is 2.18. The number of hydrogen-bond donors (Lipinski definition) is 1. The first-order chi connectivity index (χ1) is 12.5. The molecule has 0 amide bonds. The number of rotatable bonds is 9. The summed E-state index contributed by atoms with van der Waals surface area (Å²) in [5.74, 6) is -1.37. The van der Waals surface area contributed by atoms with Crippen LogP contribution in [0.15, 0.2) is 35.5 Å². The smallest absolute Gasteiger partial charge is 0.338 e. The molecule has 26 heavy (non-hydrogen) atoms. The fourth-order valence-electron chi connectivity index (χ4n) is 2.22. The second-order valence-electron chi connectivity index (χ2n) is 5.21. The standard InChI is InChI=1S/C19H25NO6/c1-5-15(19(23)26-7-3)16(12-17(21)24-4)20-14-10-8-13(9-11-14)18(22)25-6-2/h8-11,20H,5-7,12H2,1-4H3. The maximum Gasteiger partial charge on any atom is 0.338 e. The van der Waals surface area contributed by atoms with E-state index >= 15 is 0 Å². The molecule has 1 aromatic carbocycles. The van der Waals surface area contributed by atoms with Gasteiger partial charge >= 0.3 is 17.9 Å². The maximum atomic E-state index is 12.2. The van der Waals surface area contributed by atoms with Crippen LogP contribution in [-0.2, 0) is 23.8 Å². The van der Waals surface area contributed by atoms with Crippen molar-refractivity contribution in [1.29, 1.82) is 0 Å². The molecule has 0 bridgehead atoms. The Morgan fingerprint density at radius 2 is 1.58 bits per heavy atom. The van der Waals surface area contributed by atoms with Crippen molar-refractivity contribution < 1.29 is 28.6 Å². The summed E-state index contributed by atoms with van der Waals surface area (Å²) < 4.78 is 14.7. The molecular formula is C19H25NO6. The second-order valence-corrected chi connectivity index (χ2v) is 5.21. The van der Waals surface area contributed by atoms with Crippen LogP contribution in [0.2, 0.25) is 0 Å². The summed E-state index contributed by atoms with van der Waals surface area (Å²) in [7, 11) is 1.28. The third kappa shape index (κ3) is 6.23. The number of nitrogens with one attached hydrogen (secondary N) is 1. The van der Waals surface area contributed by atoms with E-state index in [1.165, 1.54) is 7.11 Å². The summed E-state index contributed by atoms with van der Waals surface area (Å²) in [4.78, 5) is 35.6. The molecule has 1 N–H and O–H groups in total. The molecule has 1 aromatic rings. The van der Waals surface area contributed by atoms with Crippen LogP contribution in [0, 0.1) is 0 Å². The Balaban J connectivity index is 3.10. The lowest BCUT2D eigenvalue weighted by Crippen LogP contribution is -2.17. The topological polar surface area (TPSA) is 90.9 Å². The number of carbonyl (C=O) groups excluding carboxylic acids is 3. The van der Waals surface area contributed by atoms with Crippen LogP contribution in [0.5, 0.6) is 0 Å². The molecule has 0 heterocycles. The van der Waals surface area contributed by atoms with Gasteiger partial charge in [-0.2, -0.15) is 0 Å². The van der Waals surface area contributed by atoms with E-state index < -0.39 is 17.9 Å². The van der Waals surface area contributed by atoms with Crippen molar-refractivity contribution in [2.45, 2.75) is 33.6 Å². The summed E-state index contributed by atoms with van der Waals surface area (Å²) in [6.07, 6.45) is 0.289. The molecule has 0 spiro atoms. The van der Waals surface area contributed by atoms with Crippen molar-refractivity contribution in [3.8, 4) is 0 Å². The number of anilines is 1. The fourth-order valence-corrected chi connectivity index (χ4v) is 2.22. The van der Waals surface area contributed by atoms with Gasteiger partial charge in [0.2, 0.25) is 0 Å². The van der Waals surface area contributed by atoms with Gasteiger partial charge in [0, 0.05) is 11.4 Å². The van der Waals surface area contributed by atoms with Gasteiger partial charge < -0.3 is 19.5 Å². The fraction of sp³-hybridized carbons (Fsp3) is 0.421. The number of hydrogen-bond acceptors (Lipinski definition) is 7. The van der Waals surface area contributed by atoms with Gasteiger partial charge in [-0.25, -0.2) is 9.59 Å². The van der Waals surface area contributed by atoms with Gasteiger partial charge in [0.15, 0.2) is 0 Å². The molecule has 0 fully saturated rings. The van der Waals surface area contributed by atoms with Crippen molar-refractivity contribution in [2.24, 2.45) is 0 Å². The van der Waals surface area contributed by atoms with Crippen LogP contribution in [0.1, 0.15) is 44.0 Å². The molecule has 0 aromatic heterocycles. The quantitative estimate of drug-likeness (QED) is 0.409. The summed E-state index contributed by atoms with van der Waals surface area (Å²) in [6, 6.07) is 6.54. The van der Waals surface area contributed by atoms with E-state index in [2.05, 4.69) is 5.32 Å². The van der Waals surface area contributed by atoms with Crippen LogP contribution in [0.25, 0.3) is 0 Å². The van der Waals surface area contributed by atoms with Gasteiger partial charge in [0.05, 0.1) is 37.9 Å². The highest BCUT2D eigenvalue weighted by Crippen LogP contribution is 2.20. The van der Waals surface area contributed by atoms with Gasteiger partial charge in [-0.15, -0.1) is 0 Å². The minimum absolute atomic E-state index is 0.0991. The van der Waals surface area contributed by atoms with Crippen molar-refractivity contribution in [1.82, 2.24) is 0 Å². The van der Waals surface area contributed by atoms with E-state index in [1.807, 2.05) is 0 Å². The molecule has 1 rings (SSSR count). The number of esters is 3. The Labute approximate surface area is 153 Å². The first-order valence-corrected chi connectivity index (χ1v) is 8.46. The highest BCUT2D eigenvalue weighted by atomic mass is 16.5. The number of carbonyl (C=O) groups is 3. The molecule has 0 aliphatic carbocycles. The minimum Gasteiger partial charge on any atom is -0.469 e. The molecule has 0 atom stereocenters. The van der Waals surface area contributed by atoms with E-state index in [9.17, 15) is 14.4 Å². The minimum atomic E-state index is -0.482. The lowest BCUT2D eigenvalue weighted by molar-refractivity contribution is -0.139. The van der Waals surface area contributed by atoms with Crippen LogP contribution in [0.4, 0.5) is 5.69 Å². The molecule has 0 unspecified atom stereocenters. The molecule has 0 radical (unpaired) electrons. The SMILES string of the molecule is CCOC(=O)C(CC)=C(CC(=O)OC)Nc1ccc(C(=O)OCC)cc1. The third-order valence-corrected chi connectivity index (χ3v) is 3.48. The monoisotopic (exact) mass is 363 g/mol. The Kier molecular flexibility index (Phi) is 8.91. The second kappa shape index (κ2) is 10.9. The normalized spacial score (nSPS) is 11.2. The van der Waals surface area contributed by atoms with E-state index in [0.717, 1.165) is 0 Å². The Morgan fingerprint density at radius 3 is 2.08 bits per heavy atom. The number of methoxy groups -OCH3 is 1. The molecule has 0 saturated heterocycles. The predicted octanol–water partition coefficient (Wildman–Crippen LogP) is 3.07. The lowest BCUT2D eigenvalue weighted by atomic mass is 10.1. The summed E-state index contributed by atoms with van der Waals surface area (Å²) >= 11 is 0. The zero-order valence-corrected chi connectivity index (χ0v) is 15.6. The zero-order chi connectivity index (χ0) is 19.5. The maximum absolute atomic E-state index is 12.2. The van der Waals surface area contributed by atoms with Crippen molar-refractivity contribution >= 4 is 23.6 Å². The van der Waals surface area contributed by atoms with Crippen molar-refractivity contribution in [2.75, 3.05) is 25.6 Å². The van der Waals surface area contributed by atoms with Crippen molar-refractivity contribution in [3.05, 3.63) is 41.1 Å². The van der Waals surface area contributed by atoms with Crippen molar-refractivity contribution in [3.63, 3.8) is 0 Å². The Hall–Kier alpha value is -2.83. The van der Waals surface area contributed by atoms with Crippen LogP contribution < -0.4 is 5.32 Å². The predicted molar refractivity (Wildman–Crippen MR) is 96.6 cm³/mol. The summed E-state index contributed by atoms with van der Waals surface area (Å²) in [6.45, 7) is 5.79. The summed E-state index contributed by atoms with van der Waals surface area (Å²) in [5, 5.41) is 3.06. The van der Waals surface area contributed by atoms with Gasteiger partial charge in [0.1, 0.15) is 0 Å². The van der Waals surface area contributed by atoms with E-state index in [1.54, 1.807) is 45.0 Å². The first kappa shape index (κ1) is 21.2. The average molecular weight is 363 g/mol. The third-order valence-electron chi connectivity index (χ3n) is 3.48. The molecule has 0 aliphatic heterocycles. The van der Waals surface area contributed by atoms with Crippen LogP contribution >= 0.6 is 0 Å². The Morgan fingerprint density at radius 1 is 0.962 bits per heavy atom. The van der Waals surface area contributed by atoms with Crippen LogP contribution in [-0.4, -0.2) is 38.2 Å². The van der Waals surface area contributed by atoms with Gasteiger partial charge in [-0.05, 0) is 44.5 Å². The first-order valence-electron chi connectivity index (χ1n) is 8.46. The number of benzene rings is 1. The molecule has 142 valence electrons. The van der Waals surface area contributed by atoms with Gasteiger partial charge in [0.25, 0.3) is 0 Å². The largest absolute Gasteiger partial charge is 0.469 e. The lowest BCUT2D eigenvalue weighted by Gasteiger charge is -2.15. The van der Waals surface area contributed by atoms with E-state index in [0.29, 0.717) is 35.5 Å². The van der Waals surface area contributed by atoms with E-state index in [-0.39, 0.29) is 13.0 Å². The highest BCUT2D eigenvalue weighted by molar-refractivity contribution is 5.92. The van der Waals surface area contributed by atoms with E-state index in [4.69, 9.17) is 14.2 Å². The molecular weight excluding hydrogens is 338 g/mol. The molecule has 7 nitrogen and oxygen atoms in total. The van der Waals surface area contributed by atoms with Gasteiger partial charge in [-0.1, -0.05) is 6.92 Å². The molecule has 0 aliphatic rings. The summed E-state index contributed by atoms with van der Waals surface area (Å²) in [5.41, 5.74) is 1.80. The molecule has 7 heteroatoms. The Bertz CT molecular complexity index is 663. The average Bonchev–Trinajstić information content (AvgIpc) is 2.63. The van der Waals surface area contributed by atoms with Crippen LogP contribution in [0.3, 0.4) is 0 Å². The molecule has 0 saturated carbocycles. The number of ether oxygens (including phenoxy) is 3.